The van der Waals surface area contributed by atoms with Gasteiger partial charge in [0, 0.05) is 18.8 Å². The number of nitrogens with zero attached hydrogens (tertiary/aromatic N) is 3. The molecule has 0 spiro atoms. The maximum absolute atomic E-state index is 12.4. The maximum Gasteiger partial charge on any atom is 0.257 e. The zero-order valence-corrected chi connectivity index (χ0v) is 12.5. The van der Waals surface area contributed by atoms with Crippen LogP contribution in [-0.4, -0.2) is 45.4 Å². The topological polar surface area (TPSA) is 58.4 Å². The van der Waals surface area contributed by atoms with Crippen LogP contribution >= 0.6 is 0 Å². The van der Waals surface area contributed by atoms with E-state index in [1.54, 1.807) is 11.1 Å². The van der Waals surface area contributed by atoms with Crippen LogP contribution < -0.4 is 0 Å². The summed E-state index contributed by atoms with van der Waals surface area (Å²) in [7, 11) is 0. The smallest absolute Gasteiger partial charge is 0.257 e. The molecule has 1 heterocycles. The summed E-state index contributed by atoms with van der Waals surface area (Å²) in [6.45, 7) is 5.33. The van der Waals surface area contributed by atoms with Gasteiger partial charge in [0.1, 0.15) is 0 Å². The molecular formula is C16H21N3O2. The molecule has 0 saturated heterocycles. The molecule has 0 atom stereocenters. The predicted octanol–water partition coefficient (Wildman–Crippen LogP) is 1.69. The van der Waals surface area contributed by atoms with Crippen LogP contribution in [0.3, 0.4) is 0 Å². The van der Waals surface area contributed by atoms with Crippen LogP contribution in [0.4, 0.5) is 0 Å². The molecular weight excluding hydrogens is 266 g/mol. The van der Waals surface area contributed by atoms with Crippen molar-refractivity contribution in [1.29, 1.82) is 0 Å². The third-order valence-corrected chi connectivity index (χ3v) is 3.55. The summed E-state index contributed by atoms with van der Waals surface area (Å²) in [6.07, 6.45) is 1.61. The molecule has 2 aromatic rings. The van der Waals surface area contributed by atoms with Crippen LogP contribution in [0.2, 0.25) is 0 Å². The van der Waals surface area contributed by atoms with Crippen molar-refractivity contribution in [3.8, 4) is 0 Å². The minimum Gasteiger partial charge on any atom is -0.395 e. The van der Waals surface area contributed by atoms with Crippen molar-refractivity contribution in [2.75, 3.05) is 19.7 Å². The molecule has 0 aliphatic heterocycles. The third-order valence-electron chi connectivity index (χ3n) is 3.55. The monoisotopic (exact) mass is 287 g/mol. The molecule has 1 amide bonds. The number of aromatic nitrogens is 2. The highest BCUT2D eigenvalue weighted by atomic mass is 16.3. The highest BCUT2D eigenvalue weighted by Crippen LogP contribution is 2.12. The van der Waals surface area contributed by atoms with Crippen LogP contribution in [0.5, 0.6) is 0 Å². The van der Waals surface area contributed by atoms with Gasteiger partial charge in [-0.1, -0.05) is 30.3 Å². The second kappa shape index (κ2) is 7.04. The molecule has 2 rings (SSSR count). The van der Waals surface area contributed by atoms with Gasteiger partial charge in [0.25, 0.3) is 5.91 Å². The van der Waals surface area contributed by atoms with E-state index in [-0.39, 0.29) is 12.5 Å². The van der Waals surface area contributed by atoms with Gasteiger partial charge in [0.2, 0.25) is 0 Å². The number of rotatable bonds is 6. The van der Waals surface area contributed by atoms with E-state index in [9.17, 15) is 4.79 Å². The van der Waals surface area contributed by atoms with Crippen LogP contribution in [0.25, 0.3) is 0 Å². The lowest BCUT2D eigenvalue weighted by Gasteiger charge is -2.19. The Balaban J connectivity index is 2.18. The molecule has 0 bridgehead atoms. The molecule has 0 unspecified atom stereocenters. The number of carbonyl (C=O) groups is 1. The first kappa shape index (κ1) is 15.3. The van der Waals surface area contributed by atoms with Crippen LogP contribution in [-0.2, 0) is 6.54 Å². The summed E-state index contributed by atoms with van der Waals surface area (Å²) < 4.78 is 1.83. The average molecular weight is 287 g/mol. The van der Waals surface area contributed by atoms with Gasteiger partial charge in [0.15, 0.2) is 0 Å². The van der Waals surface area contributed by atoms with E-state index in [1.165, 1.54) is 0 Å². The summed E-state index contributed by atoms with van der Waals surface area (Å²) in [5, 5.41) is 13.3. The number of hydrogen-bond donors (Lipinski definition) is 1. The number of benzene rings is 1. The first-order valence-corrected chi connectivity index (χ1v) is 7.13. The molecule has 0 fully saturated rings. The summed E-state index contributed by atoms with van der Waals surface area (Å²) in [5.74, 6) is -0.0802. The van der Waals surface area contributed by atoms with Gasteiger partial charge in [-0.15, -0.1) is 0 Å². The lowest BCUT2D eigenvalue weighted by molar-refractivity contribution is 0.0731. The Hall–Kier alpha value is -2.14. The van der Waals surface area contributed by atoms with Gasteiger partial charge in [-0.2, -0.15) is 5.10 Å². The van der Waals surface area contributed by atoms with E-state index < -0.39 is 0 Å². The van der Waals surface area contributed by atoms with Crippen LogP contribution in [0, 0.1) is 6.92 Å². The van der Waals surface area contributed by atoms with Crippen LogP contribution in [0.1, 0.15) is 28.5 Å². The van der Waals surface area contributed by atoms with Crippen molar-refractivity contribution in [3.63, 3.8) is 0 Å². The number of aliphatic hydroxyl groups excluding tert-OH is 1. The Labute approximate surface area is 124 Å². The number of carbonyl (C=O) groups excluding carboxylic acids is 1. The van der Waals surface area contributed by atoms with E-state index >= 15 is 0 Å². The Morgan fingerprint density at radius 2 is 2.05 bits per heavy atom. The molecule has 1 aromatic carbocycles. The van der Waals surface area contributed by atoms with E-state index in [0.717, 1.165) is 11.3 Å². The summed E-state index contributed by atoms with van der Waals surface area (Å²) >= 11 is 0. The molecule has 0 aliphatic rings. The highest BCUT2D eigenvalue weighted by molar-refractivity contribution is 5.95. The Morgan fingerprint density at radius 1 is 1.33 bits per heavy atom. The fourth-order valence-electron chi connectivity index (χ4n) is 2.27. The zero-order valence-electron chi connectivity index (χ0n) is 12.5. The van der Waals surface area contributed by atoms with Crippen molar-refractivity contribution in [3.05, 3.63) is 53.3 Å². The normalized spacial score (nSPS) is 10.6. The van der Waals surface area contributed by atoms with Crippen molar-refractivity contribution < 1.29 is 9.90 Å². The molecule has 0 aliphatic carbocycles. The molecule has 1 N–H and O–H groups in total. The van der Waals surface area contributed by atoms with Crippen molar-refractivity contribution >= 4 is 5.91 Å². The number of aliphatic hydroxyl groups is 1. The zero-order chi connectivity index (χ0) is 15.2. The fourth-order valence-corrected chi connectivity index (χ4v) is 2.27. The molecule has 5 nitrogen and oxygen atoms in total. The first-order chi connectivity index (χ1) is 10.2. The summed E-state index contributed by atoms with van der Waals surface area (Å²) in [4.78, 5) is 14.0. The Kier molecular flexibility index (Phi) is 5.11. The fraction of sp³-hybridized carbons (Fsp3) is 0.375. The van der Waals surface area contributed by atoms with Crippen molar-refractivity contribution in [2.45, 2.75) is 20.4 Å². The van der Waals surface area contributed by atoms with E-state index in [2.05, 4.69) is 5.10 Å². The number of amides is 1. The lowest BCUT2D eigenvalue weighted by Crippen LogP contribution is -2.33. The Bertz CT molecular complexity index is 593. The van der Waals surface area contributed by atoms with E-state index in [0.29, 0.717) is 25.2 Å². The van der Waals surface area contributed by atoms with Gasteiger partial charge in [-0.05, 0) is 19.4 Å². The van der Waals surface area contributed by atoms with Gasteiger partial charge < -0.3 is 10.0 Å². The summed E-state index contributed by atoms with van der Waals surface area (Å²) in [6, 6.07) is 10.0. The van der Waals surface area contributed by atoms with E-state index in [4.69, 9.17) is 5.11 Å². The van der Waals surface area contributed by atoms with Gasteiger partial charge in [-0.25, -0.2) is 0 Å². The first-order valence-electron chi connectivity index (χ1n) is 7.13. The molecule has 1 aromatic heterocycles. The Morgan fingerprint density at radius 3 is 2.67 bits per heavy atom. The second-order valence-electron chi connectivity index (χ2n) is 4.90. The average Bonchev–Trinajstić information content (AvgIpc) is 2.86. The quantitative estimate of drug-likeness (QED) is 0.879. The van der Waals surface area contributed by atoms with Gasteiger partial charge in [-0.3, -0.25) is 9.48 Å². The number of hydrogen-bond acceptors (Lipinski definition) is 3. The summed E-state index contributed by atoms with van der Waals surface area (Å²) in [5.41, 5.74) is 2.59. The maximum atomic E-state index is 12.4. The number of likely N-dealkylation sites (N-methyl/N-ethyl adjacent to an activating group) is 1. The van der Waals surface area contributed by atoms with Crippen molar-refractivity contribution in [2.24, 2.45) is 0 Å². The standard InChI is InChI=1S/C16H21N3O2/c1-3-18(9-10-20)16(21)15-11-17-19(13(15)2)12-14-7-5-4-6-8-14/h4-8,11,20H,3,9-10,12H2,1-2H3. The minimum atomic E-state index is -0.0802. The predicted molar refractivity (Wildman–Crippen MR) is 81.2 cm³/mol. The molecule has 21 heavy (non-hydrogen) atoms. The second-order valence-corrected chi connectivity index (χ2v) is 4.90. The van der Waals surface area contributed by atoms with Crippen LogP contribution in [0.15, 0.2) is 36.5 Å². The minimum absolute atomic E-state index is 0.0310. The lowest BCUT2D eigenvalue weighted by atomic mass is 10.2. The molecule has 112 valence electrons. The SMILES string of the molecule is CCN(CCO)C(=O)c1cnn(Cc2ccccc2)c1C. The van der Waals surface area contributed by atoms with E-state index in [1.807, 2.05) is 48.9 Å². The van der Waals surface area contributed by atoms with Gasteiger partial charge in [0.05, 0.1) is 24.9 Å². The van der Waals surface area contributed by atoms with Crippen molar-refractivity contribution in [1.82, 2.24) is 14.7 Å². The third kappa shape index (κ3) is 3.49. The molecule has 0 saturated carbocycles. The van der Waals surface area contributed by atoms with Gasteiger partial charge >= 0.3 is 0 Å². The largest absolute Gasteiger partial charge is 0.395 e. The molecule has 5 heteroatoms. The highest BCUT2D eigenvalue weighted by Gasteiger charge is 2.19. The molecule has 0 radical (unpaired) electrons.